The Morgan fingerprint density at radius 2 is 1.33 bits per heavy atom. The Kier molecular flexibility index (Phi) is 15.6. The third-order valence-corrected chi connectivity index (χ3v) is 0.316. The summed E-state index contributed by atoms with van der Waals surface area (Å²) in [4.78, 5) is 0. The second-order valence-electron chi connectivity index (χ2n) is 0.801. The average molecular weight is 99.1 g/mol. The molecule has 6 heavy (non-hydrogen) atoms. The van der Waals surface area contributed by atoms with Crippen LogP contribution in [0.4, 0.5) is 0 Å². The minimum absolute atomic E-state index is 0. The quantitative estimate of drug-likeness (QED) is 0.435. The maximum Gasteiger partial charge on any atom is 0.0452 e. The van der Waals surface area contributed by atoms with Crippen LogP contribution in [-0.2, 0) is 0 Å². The molecule has 2 N–H and O–H groups in total. The Labute approximate surface area is 59.5 Å². The van der Waals surface area contributed by atoms with Crippen molar-refractivity contribution in [3.05, 3.63) is 0 Å². The average Bonchev–Trinajstić information content (AvgIpc) is 1.41. The maximum absolute atomic E-state index is 7.91. The monoisotopic (exact) mass is 99.0 g/mol. The van der Waals surface area contributed by atoms with Crippen molar-refractivity contribution in [3.63, 3.8) is 0 Å². The Bertz CT molecular complexity index is 16.3. The van der Waals surface area contributed by atoms with Gasteiger partial charge < -0.3 is 10.2 Å². The predicted molar refractivity (Wildman–Crippen MR) is 24.5 cm³/mol. The zero-order chi connectivity index (χ0) is 4.12. The van der Waals surface area contributed by atoms with E-state index < -0.39 is 0 Å². The van der Waals surface area contributed by atoms with Crippen molar-refractivity contribution >= 4 is 29.6 Å². The van der Waals surface area contributed by atoms with Gasteiger partial charge in [-0.05, 0) is 6.42 Å². The SMILES string of the molecule is OCCCO.[Na]. The topological polar surface area (TPSA) is 40.5 Å². The van der Waals surface area contributed by atoms with Crippen molar-refractivity contribution < 1.29 is 10.2 Å². The minimum atomic E-state index is 0. The summed E-state index contributed by atoms with van der Waals surface area (Å²) >= 11 is 0. The smallest absolute Gasteiger partial charge is 0.0452 e. The summed E-state index contributed by atoms with van der Waals surface area (Å²) in [5.74, 6) is 0. The third kappa shape index (κ3) is 8.87. The summed E-state index contributed by atoms with van der Waals surface area (Å²) in [6.07, 6.45) is 0.500. The van der Waals surface area contributed by atoms with Gasteiger partial charge in [0.05, 0.1) is 0 Å². The minimum Gasteiger partial charge on any atom is -0.396 e. The molecule has 0 amide bonds. The Morgan fingerprint density at radius 3 is 1.33 bits per heavy atom. The molecule has 0 saturated carbocycles. The van der Waals surface area contributed by atoms with Gasteiger partial charge in [0.25, 0.3) is 0 Å². The van der Waals surface area contributed by atoms with E-state index in [0.29, 0.717) is 6.42 Å². The molecule has 1 radical (unpaired) electrons. The van der Waals surface area contributed by atoms with Crippen LogP contribution in [-0.4, -0.2) is 53.0 Å². The van der Waals surface area contributed by atoms with Crippen LogP contribution < -0.4 is 0 Å². The van der Waals surface area contributed by atoms with Gasteiger partial charge in [0.1, 0.15) is 0 Å². The van der Waals surface area contributed by atoms with E-state index in [4.69, 9.17) is 10.2 Å². The number of aliphatic hydroxyl groups is 2. The van der Waals surface area contributed by atoms with Gasteiger partial charge in [-0.25, -0.2) is 0 Å². The summed E-state index contributed by atoms with van der Waals surface area (Å²) in [6.45, 7) is 0.188. The van der Waals surface area contributed by atoms with Crippen molar-refractivity contribution in [1.29, 1.82) is 0 Å². The second kappa shape index (κ2) is 9.33. The molecule has 0 heterocycles. The standard InChI is InChI=1S/C3H8O2.Na/c4-2-1-3-5;/h4-5H,1-3H2;. The number of hydrogen-bond acceptors (Lipinski definition) is 2. The molecule has 0 aliphatic carbocycles. The van der Waals surface area contributed by atoms with E-state index in [1.54, 1.807) is 0 Å². The largest absolute Gasteiger partial charge is 0.396 e. The molecule has 3 heteroatoms. The molecule has 2 nitrogen and oxygen atoms in total. The van der Waals surface area contributed by atoms with Crippen LogP contribution in [0.5, 0.6) is 0 Å². The summed E-state index contributed by atoms with van der Waals surface area (Å²) in [6, 6.07) is 0. The van der Waals surface area contributed by atoms with Gasteiger partial charge in [-0.2, -0.15) is 0 Å². The van der Waals surface area contributed by atoms with Crippen molar-refractivity contribution in [2.45, 2.75) is 6.42 Å². The van der Waals surface area contributed by atoms with Gasteiger partial charge in [0.15, 0.2) is 0 Å². The van der Waals surface area contributed by atoms with Crippen molar-refractivity contribution in [1.82, 2.24) is 0 Å². The van der Waals surface area contributed by atoms with Crippen LogP contribution in [0.3, 0.4) is 0 Å². The van der Waals surface area contributed by atoms with E-state index in [-0.39, 0.29) is 42.8 Å². The summed E-state index contributed by atoms with van der Waals surface area (Å²) in [5.41, 5.74) is 0. The van der Waals surface area contributed by atoms with Crippen molar-refractivity contribution in [3.8, 4) is 0 Å². The summed E-state index contributed by atoms with van der Waals surface area (Å²) in [7, 11) is 0. The van der Waals surface area contributed by atoms with Gasteiger partial charge in [-0.3, -0.25) is 0 Å². The normalized spacial score (nSPS) is 7.00. The van der Waals surface area contributed by atoms with E-state index in [1.807, 2.05) is 0 Å². The van der Waals surface area contributed by atoms with Gasteiger partial charge in [-0.15, -0.1) is 0 Å². The van der Waals surface area contributed by atoms with Crippen LogP contribution in [0, 0.1) is 0 Å². The zero-order valence-electron chi connectivity index (χ0n) is 4.02. The van der Waals surface area contributed by atoms with E-state index in [0.717, 1.165) is 0 Å². The van der Waals surface area contributed by atoms with E-state index in [9.17, 15) is 0 Å². The number of hydrogen-bond donors (Lipinski definition) is 2. The van der Waals surface area contributed by atoms with Gasteiger partial charge >= 0.3 is 0 Å². The summed E-state index contributed by atoms with van der Waals surface area (Å²) < 4.78 is 0. The molecule has 0 aromatic carbocycles. The molecular weight excluding hydrogens is 91.0 g/mol. The van der Waals surface area contributed by atoms with E-state index in [1.165, 1.54) is 0 Å². The molecule has 0 fully saturated rings. The Hall–Kier alpha value is 0.920. The first-order valence-corrected chi connectivity index (χ1v) is 1.63. The molecule has 0 rings (SSSR count). The first-order valence-electron chi connectivity index (χ1n) is 1.63. The molecule has 0 aliphatic heterocycles. The van der Waals surface area contributed by atoms with Crippen LogP contribution in [0.2, 0.25) is 0 Å². The van der Waals surface area contributed by atoms with Gasteiger partial charge in [0.2, 0.25) is 0 Å². The van der Waals surface area contributed by atoms with Crippen LogP contribution in [0.25, 0.3) is 0 Å². The van der Waals surface area contributed by atoms with Crippen molar-refractivity contribution in [2.24, 2.45) is 0 Å². The first kappa shape index (κ1) is 10.0. The van der Waals surface area contributed by atoms with Crippen LogP contribution in [0.15, 0.2) is 0 Å². The zero-order valence-corrected chi connectivity index (χ0v) is 6.02. The molecule has 0 spiro atoms. The molecule has 0 bridgehead atoms. The van der Waals surface area contributed by atoms with E-state index >= 15 is 0 Å². The van der Waals surface area contributed by atoms with Crippen LogP contribution >= 0.6 is 0 Å². The second-order valence-corrected chi connectivity index (χ2v) is 0.801. The van der Waals surface area contributed by atoms with Crippen molar-refractivity contribution in [2.75, 3.05) is 13.2 Å². The molecular formula is C3H8NaO2. The number of aliphatic hydroxyl groups excluding tert-OH is 2. The van der Waals surface area contributed by atoms with Gasteiger partial charge in [-0.1, -0.05) is 0 Å². The summed E-state index contributed by atoms with van der Waals surface area (Å²) in [5, 5.41) is 15.8. The molecule has 0 aromatic rings. The fraction of sp³-hybridized carbons (Fsp3) is 1.00. The molecule has 33 valence electrons. The Balaban J connectivity index is 0. The van der Waals surface area contributed by atoms with Gasteiger partial charge in [0, 0.05) is 42.8 Å². The number of rotatable bonds is 2. The molecule has 0 saturated heterocycles. The fourth-order valence-corrected chi connectivity index (χ4v) is 0.0707. The third-order valence-electron chi connectivity index (χ3n) is 0.316. The first-order chi connectivity index (χ1) is 2.41. The Morgan fingerprint density at radius 1 is 1.00 bits per heavy atom. The molecule has 0 atom stereocenters. The molecule has 0 aromatic heterocycles. The van der Waals surface area contributed by atoms with E-state index in [2.05, 4.69) is 0 Å². The molecule has 0 aliphatic rings. The fourth-order valence-electron chi connectivity index (χ4n) is 0.0707. The maximum atomic E-state index is 7.91. The predicted octanol–water partition coefficient (Wildman–Crippen LogP) is -1.02. The molecule has 0 unspecified atom stereocenters. The van der Waals surface area contributed by atoms with Crippen LogP contribution in [0.1, 0.15) is 6.42 Å².